The molecule has 0 aliphatic heterocycles. The van der Waals surface area contributed by atoms with Gasteiger partial charge in [-0.05, 0) is 55.6 Å². The Balaban J connectivity index is 1.60. The highest BCUT2D eigenvalue weighted by Gasteiger charge is 2.68. The van der Waals surface area contributed by atoms with E-state index >= 15 is 0 Å². The van der Waals surface area contributed by atoms with E-state index in [2.05, 4.69) is 19.9 Å². The lowest BCUT2D eigenvalue weighted by Gasteiger charge is -2.55. The molecule has 7 atom stereocenters. The van der Waals surface area contributed by atoms with Crippen molar-refractivity contribution >= 4 is 5.78 Å². The highest BCUT2D eigenvalue weighted by molar-refractivity contribution is 5.92. The molecular formula is C27H34O4. The average molecular weight is 423 g/mol. The van der Waals surface area contributed by atoms with Crippen LogP contribution >= 0.6 is 0 Å². The molecule has 31 heavy (non-hydrogen) atoms. The third kappa shape index (κ3) is 2.74. The Morgan fingerprint density at radius 3 is 2.61 bits per heavy atom. The Hall–Kier alpha value is -1.75. The van der Waals surface area contributed by atoms with Crippen molar-refractivity contribution in [1.29, 1.82) is 0 Å². The molecule has 5 rings (SSSR count). The fraction of sp³-hybridized carbons (Fsp3) is 0.593. The maximum absolute atomic E-state index is 12.2. The van der Waals surface area contributed by atoms with Crippen LogP contribution < -0.4 is 0 Å². The first-order valence-electron chi connectivity index (χ1n) is 11.8. The molecule has 1 aromatic rings. The molecule has 4 heteroatoms. The van der Waals surface area contributed by atoms with Crippen molar-refractivity contribution in [3.05, 3.63) is 59.2 Å². The van der Waals surface area contributed by atoms with Crippen LogP contribution in [0.1, 0.15) is 63.9 Å². The van der Waals surface area contributed by atoms with Gasteiger partial charge in [-0.25, -0.2) is 0 Å². The van der Waals surface area contributed by atoms with Gasteiger partial charge in [0.05, 0.1) is 6.61 Å². The average Bonchev–Trinajstić information content (AvgIpc) is 3.02. The first kappa shape index (κ1) is 21.1. The summed E-state index contributed by atoms with van der Waals surface area (Å²) in [6.07, 6.45) is 7.86. The number of ketones is 1. The van der Waals surface area contributed by atoms with E-state index in [0.717, 1.165) is 31.2 Å². The van der Waals surface area contributed by atoms with Gasteiger partial charge < -0.3 is 15.3 Å². The van der Waals surface area contributed by atoms with E-state index in [-0.39, 0.29) is 23.0 Å². The van der Waals surface area contributed by atoms with E-state index in [1.807, 2.05) is 36.4 Å². The fourth-order valence-corrected chi connectivity index (χ4v) is 7.77. The number of hydrogen-bond acceptors (Lipinski definition) is 4. The lowest BCUT2D eigenvalue weighted by molar-refractivity contribution is -0.171. The molecule has 0 bridgehead atoms. The van der Waals surface area contributed by atoms with Crippen molar-refractivity contribution in [2.24, 2.45) is 22.7 Å². The van der Waals surface area contributed by atoms with Gasteiger partial charge in [-0.1, -0.05) is 61.4 Å². The van der Waals surface area contributed by atoms with Crippen LogP contribution in [0.15, 0.2) is 53.6 Å². The summed E-state index contributed by atoms with van der Waals surface area (Å²) in [6, 6.07) is 9.99. The summed E-state index contributed by atoms with van der Waals surface area (Å²) in [5.74, 6) is 0.578. The van der Waals surface area contributed by atoms with Crippen LogP contribution in [0.25, 0.3) is 0 Å². The summed E-state index contributed by atoms with van der Waals surface area (Å²) >= 11 is 0. The van der Waals surface area contributed by atoms with Gasteiger partial charge in [0.25, 0.3) is 0 Å². The highest BCUT2D eigenvalue weighted by Crippen LogP contribution is 2.69. The van der Waals surface area contributed by atoms with E-state index < -0.39 is 23.7 Å². The van der Waals surface area contributed by atoms with Crippen LogP contribution in [0.4, 0.5) is 0 Å². The molecule has 0 aromatic heterocycles. The lowest BCUT2D eigenvalue weighted by Crippen LogP contribution is -2.59. The van der Waals surface area contributed by atoms with Gasteiger partial charge in [0.2, 0.25) is 0 Å². The second-order valence-electron chi connectivity index (χ2n) is 10.7. The van der Waals surface area contributed by atoms with Crippen LogP contribution in [-0.4, -0.2) is 39.4 Å². The number of carbonyl (C=O) groups excluding carboxylic acids is 1. The smallest absolute Gasteiger partial charge is 0.155 e. The normalized spacial score (nSPS) is 42.7. The number of rotatable bonds is 3. The standard InChI is InChI=1S/C27H34O4/c1-25-12-10-19(29)14-18(25)8-9-20-21(25)11-13-26(2)23(20)15-22(17-6-4-3-5-7-17)27(26,31)24(30)16-28/h3-7,11,14,20,22-24,28,30-31H,8-10,12-13,15-16H2,1-2H3/t20?,22-,23?,24?,25+,26+,27+/m1/s1. The Kier molecular flexibility index (Phi) is 4.85. The third-order valence-corrected chi connectivity index (χ3v) is 9.55. The Bertz CT molecular complexity index is 949. The monoisotopic (exact) mass is 422 g/mol. The number of hydrogen-bond donors (Lipinski definition) is 3. The minimum absolute atomic E-state index is 0.0588. The summed E-state index contributed by atoms with van der Waals surface area (Å²) in [5, 5.41) is 33.0. The van der Waals surface area contributed by atoms with Crippen LogP contribution in [0.2, 0.25) is 0 Å². The predicted octanol–water partition coefficient (Wildman–Crippen LogP) is 3.92. The van der Waals surface area contributed by atoms with Crippen molar-refractivity contribution in [1.82, 2.24) is 0 Å². The number of aliphatic hydroxyl groups excluding tert-OH is 2. The number of aliphatic hydroxyl groups is 3. The van der Waals surface area contributed by atoms with E-state index in [9.17, 15) is 20.1 Å². The van der Waals surface area contributed by atoms with Crippen LogP contribution in [0, 0.1) is 22.7 Å². The molecule has 4 aliphatic carbocycles. The lowest BCUT2D eigenvalue weighted by atomic mass is 9.50. The fourth-order valence-electron chi connectivity index (χ4n) is 7.77. The minimum atomic E-state index is -1.39. The molecule has 166 valence electrons. The largest absolute Gasteiger partial charge is 0.394 e. The van der Waals surface area contributed by atoms with Gasteiger partial charge in [0.15, 0.2) is 5.78 Å². The number of benzene rings is 1. The van der Waals surface area contributed by atoms with Crippen molar-refractivity contribution in [3.8, 4) is 0 Å². The molecule has 0 heterocycles. The molecule has 0 spiro atoms. The quantitative estimate of drug-likeness (QED) is 0.646. The summed E-state index contributed by atoms with van der Waals surface area (Å²) in [7, 11) is 0. The predicted molar refractivity (Wildman–Crippen MR) is 119 cm³/mol. The maximum Gasteiger partial charge on any atom is 0.155 e. The summed E-state index contributed by atoms with van der Waals surface area (Å²) < 4.78 is 0. The minimum Gasteiger partial charge on any atom is -0.394 e. The topological polar surface area (TPSA) is 77.8 Å². The van der Waals surface area contributed by atoms with Gasteiger partial charge in [-0.2, -0.15) is 0 Å². The third-order valence-electron chi connectivity index (χ3n) is 9.55. The molecule has 0 saturated heterocycles. The van der Waals surface area contributed by atoms with E-state index in [4.69, 9.17) is 0 Å². The summed E-state index contributed by atoms with van der Waals surface area (Å²) in [6.45, 7) is 3.96. The van der Waals surface area contributed by atoms with Gasteiger partial charge in [-0.3, -0.25) is 4.79 Å². The summed E-state index contributed by atoms with van der Waals surface area (Å²) in [4.78, 5) is 12.1. The summed E-state index contributed by atoms with van der Waals surface area (Å²) in [5.41, 5.74) is 1.77. The zero-order valence-corrected chi connectivity index (χ0v) is 18.6. The molecule has 3 unspecified atom stereocenters. The first-order chi connectivity index (χ1) is 14.8. The Morgan fingerprint density at radius 2 is 1.90 bits per heavy atom. The Morgan fingerprint density at radius 1 is 1.16 bits per heavy atom. The van der Waals surface area contributed by atoms with Crippen molar-refractivity contribution in [2.45, 2.75) is 70.0 Å². The van der Waals surface area contributed by atoms with Crippen LogP contribution in [0.3, 0.4) is 0 Å². The second-order valence-corrected chi connectivity index (χ2v) is 10.7. The zero-order valence-electron chi connectivity index (χ0n) is 18.6. The highest BCUT2D eigenvalue weighted by atomic mass is 16.4. The molecule has 2 fully saturated rings. The number of carbonyl (C=O) groups is 1. The molecule has 0 radical (unpaired) electrons. The Labute approximate surface area is 184 Å². The molecule has 3 N–H and O–H groups in total. The van der Waals surface area contributed by atoms with E-state index in [0.29, 0.717) is 18.8 Å². The molecular weight excluding hydrogens is 388 g/mol. The van der Waals surface area contributed by atoms with Crippen molar-refractivity contribution in [3.63, 3.8) is 0 Å². The molecule has 4 nitrogen and oxygen atoms in total. The second kappa shape index (κ2) is 7.13. The van der Waals surface area contributed by atoms with Gasteiger partial charge >= 0.3 is 0 Å². The van der Waals surface area contributed by atoms with Gasteiger partial charge in [0, 0.05) is 23.2 Å². The van der Waals surface area contributed by atoms with Crippen molar-refractivity contribution in [2.75, 3.05) is 6.61 Å². The van der Waals surface area contributed by atoms with Gasteiger partial charge in [-0.15, -0.1) is 0 Å². The van der Waals surface area contributed by atoms with Crippen LogP contribution in [-0.2, 0) is 4.79 Å². The first-order valence-corrected chi connectivity index (χ1v) is 11.8. The number of fused-ring (bicyclic) bond motifs is 5. The maximum atomic E-state index is 12.2. The molecule has 1 aromatic carbocycles. The van der Waals surface area contributed by atoms with Gasteiger partial charge in [0.1, 0.15) is 11.7 Å². The van der Waals surface area contributed by atoms with E-state index in [1.54, 1.807) is 0 Å². The van der Waals surface area contributed by atoms with Crippen LogP contribution in [0.5, 0.6) is 0 Å². The van der Waals surface area contributed by atoms with Crippen molar-refractivity contribution < 1.29 is 20.1 Å². The van der Waals surface area contributed by atoms with E-state index in [1.165, 1.54) is 11.1 Å². The number of allylic oxidation sites excluding steroid dienone is 4. The molecule has 2 saturated carbocycles. The molecule has 0 amide bonds. The SMILES string of the molecule is C[C@]12CCC(=O)C=C1CCC1C2=CC[C@@]2(C)C1C[C@H](c1ccccc1)[C@]2(O)C(O)CO. The zero-order chi connectivity index (χ0) is 22.0. The molecule has 4 aliphatic rings.